The van der Waals surface area contributed by atoms with Crippen molar-refractivity contribution in [2.24, 2.45) is 0 Å². The maximum Gasteiger partial charge on any atom is 0.471 e. The van der Waals surface area contributed by atoms with Gasteiger partial charge >= 0.3 is 18.7 Å². The first kappa shape index (κ1) is 23.1. The van der Waals surface area contributed by atoms with E-state index in [0.29, 0.717) is 25.1 Å². The Morgan fingerprint density at radius 2 is 2.03 bits per heavy atom. The van der Waals surface area contributed by atoms with E-state index in [1.54, 1.807) is 6.92 Å². The van der Waals surface area contributed by atoms with Crippen LogP contribution in [0, 0.1) is 0 Å². The molecular formula is C19H21F5N4O3. The molecule has 31 heavy (non-hydrogen) atoms. The molecule has 2 aromatic rings. The van der Waals surface area contributed by atoms with Crippen molar-refractivity contribution in [2.75, 3.05) is 19.6 Å². The van der Waals surface area contributed by atoms with Crippen LogP contribution in [-0.2, 0) is 10.9 Å². The first-order valence-electron chi connectivity index (χ1n) is 9.60. The molecule has 0 aliphatic carbocycles. The van der Waals surface area contributed by atoms with E-state index in [1.165, 1.54) is 24.3 Å². The predicted molar refractivity (Wildman–Crippen MR) is 98.2 cm³/mol. The zero-order chi connectivity index (χ0) is 22.6. The molecule has 2 atom stereocenters. The van der Waals surface area contributed by atoms with Crippen molar-refractivity contribution in [1.29, 1.82) is 0 Å². The average Bonchev–Trinajstić information content (AvgIpc) is 3.18. The van der Waals surface area contributed by atoms with Gasteiger partial charge in [-0.2, -0.15) is 26.9 Å². The molecule has 1 fully saturated rings. The van der Waals surface area contributed by atoms with Crippen LogP contribution in [0.15, 0.2) is 28.8 Å². The minimum atomic E-state index is -4.73. The number of nitrogens with one attached hydrogen (secondary N) is 1. The molecule has 170 valence electrons. The molecule has 0 radical (unpaired) electrons. The van der Waals surface area contributed by atoms with Crippen molar-refractivity contribution in [1.82, 2.24) is 20.4 Å². The smallest absolute Gasteiger partial charge is 0.348 e. The molecule has 1 amide bonds. The number of carbonyl (C=O) groups is 1. The van der Waals surface area contributed by atoms with Crippen molar-refractivity contribution in [3.63, 3.8) is 0 Å². The van der Waals surface area contributed by atoms with Gasteiger partial charge in [-0.15, -0.1) is 0 Å². The molecule has 0 saturated carbocycles. The molecule has 1 aliphatic rings. The van der Waals surface area contributed by atoms with Crippen LogP contribution in [0.25, 0.3) is 11.4 Å². The Balaban J connectivity index is 1.54. The number of nitrogens with zero attached hydrogens (tertiary/aromatic N) is 3. The van der Waals surface area contributed by atoms with Crippen LogP contribution in [0.3, 0.4) is 0 Å². The maximum absolute atomic E-state index is 12.6. The topological polar surface area (TPSA) is 80.5 Å². The SMILES string of the molecule is C[C@H](CN1CCC[C@@H](OC(F)F)C1)NC(=O)c1ccc(-c2noc(C(F)(F)F)n2)cc1. The third-order valence-electron chi connectivity index (χ3n) is 4.74. The quantitative estimate of drug-likeness (QED) is 0.653. The van der Waals surface area contributed by atoms with Crippen LogP contribution in [0.1, 0.15) is 36.0 Å². The molecule has 2 heterocycles. The molecule has 7 nitrogen and oxygen atoms in total. The second-order valence-corrected chi connectivity index (χ2v) is 7.29. The zero-order valence-electron chi connectivity index (χ0n) is 16.5. The van der Waals surface area contributed by atoms with Gasteiger partial charge in [0.25, 0.3) is 5.91 Å². The molecule has 1 aromatic carbocycles. The number of halogens is 5. The van der Waals surface area contributed by atoms with Crippen LogP contribution < -0.4 is 5.32 Å². The van der Waals surface area contributed by atoms with E-state index in [-0.39, 0.29) is 23.3 Å². The zero-order valence-corrected chi connectivity index (χ0v) is 16.5. The molecule has 1 N–H and O–H groups in total. The first-order valence-corrected chi connectivity index (χ1v) is 9.60. The predicted octanol–water partition coefficient (Wildman–Crippen LogP) is 3.58. The number of hydrogen-bond donors (Lipinski definition) is 1. The summed E-state index contributed by atoms with van der Waals surface area (Å²) in [7, 11) is 0. The van der Waals surface area contributed by atoms with Crippen molar-refractivity contribution in [3.8, 4) is 11.4 Å². The molecule has 0 spiro atoms. The van der Waals surface area contributed by atoms with Gasteiger partial charge in [-0.25, -0.2) is 0 Å². The first-order chi connectivity index (χ1) is 14.6. The summed E-state index contributed by atoms with van der Waals surface area (Å²) >= 11 is 0. The van der Waals surface area contributed by atoms with Crippen molar-refractivity contribution in [3.05, 3.63) is 35.7 Å². The second-order valence-electron chi connectivity index (χ2n) is 7.29. The summed E-state index contributed by atoms with van der Waals surface area (Å²) in [6, 6.07) is 5.45. The summed E-state index contributed by atoms with van der Waals surface area (Å²) in [5, 5.41) is 6.11. The lowest BCUT2D eigenvalue weighted by Crippen LogP contribution is -2.47. The van der Waals surface area contributed by atoms with E-state index in [1.807, 2.05) is 4.90 Å². The van der Waals surface area contributed by atoms with Crippen molar-refractivity contribution >= 4 is 5.91 Å². The van der Waals surface area contributed by atoms with Gasteiger partial charge in [-0.05, 0) is 38.4 Å². The van der Waals surface area contributed by atoms with Crippen LogP contribution in [0.4, 0.5) is 22.0 Å². The van der Waals surface area contributed by atoms with Crippen molar-refractivity contribution < 1.29 is 36.0 Å². The largest absolute Gasteiger partial charge is 0.471 e. The Morgan fingerprint density at radius 3 is 2.65 bits per heavy atom. The lowest BCUT2D eigenvalue weighted by atomic mass is 10.1. The number of benzene rings is 1. The van der Waals surface area contributed by atoms with E-state index < -0.39 is 24.8 Å². The molecule has 1 saturated heterocycles. The van der Waals surface area contributed by atoms with Gasteiger partial charge in [0.2, 0.25) is 5.82 Å². The summed E-state index contributed by atoms with van der Waals surface area (Å²) in [5.41, 5.74) is 0.565. The monoisotopic (exact) mass is 448 g/mol. The number of piperidine rings is 1. The number of carbonyl (C=O) groups excluding carboxylic acids is 1. The Labute approximate surface area is 174 Å². The summed E-state index contributed by atoms with van der Waals surface area (Å²) < 4.78 is 71.3. The Hall–Kier alpha value is -2.60. The van der Waals surface area contributed by atoms with Gasteiger partial charge in [-0.1, -0.05) is 17.3 Å². The number of ether oxygens (including phenoxy) is 1. The molecule has 1 aromatic heterocycles. The number of likely N-dealkylation sites (tertiary alicyclic amines) is 1. The lowest BCUT2D eigenvalue weighted by Gasteiger charge is -2.34. The molecule has 0 unspecified atom stereocenters. The maximum atomic E-state index is 12.6. The van der Waals surface area contributed by atoms with Gasteiger partial charge in [0, 0.05) is 30.3 Å². The second kappa shape index (κ2) is 9.69. The molecule has 12 heteroatoms. The Kier molecular flexibility index (Phi) is 7.21. The minimum Gasteiger partial charge on any atom is -0.348 e. The molecular weight excluding hydrogens is 427 g/mol. The van der Waals surface area contributed by atoms with Crippen LogP contribution in [0.2, 0.25) is 0 Å². The van der Waals surface area contributed by atoms with E-state index in [9.17, 15) is 26.7 Å². The number of alkyl halides is 5. The summed E-state index contributed by atoms with van der Waals surface area (Å²) in [4.78, 5) is 17.7. The van der Waals surface area contributed by atoms with Gasteiger partial charge < -0.3 is 14.6 Å². The lowest BCUT2D eigenvalue weighted by molar-refractivity contribution is -0.174. The Bertz CT molecular complexity index is 872. The third-order valence-corrected chi connectivity index (χ3v) is 4.74. The van der Waals surface area contributed by atoms with Gasteiger partial charge in [-0.3, -0.25) is 9.69 Å². The van der Waals surface area contributed by atoms with E-state index in [4.69, 9.17) is 0 Å². The number of hydrogen-bond acceptors (Lipinski definition) is 6. The minimum absolute atomic E-state index is 0.238. The van der Waals surface area contributed by atoms with Gasteiger partial charge in [0.15, 0.2) is 0 Å². The van der Waals surface area contributed by atoms with Crippen LogP contribution in [-0.4, -0.2) is 59.3 Å². The molecule has 1 aliphatic heterocycles. The van der Waals surface area contributed by atoms with Crippen LogP contribution >= 0.6 is 0 Å². The third kappa shape index (κ3) is 6.44. The average molecular weight is 448 g/mol. The number of amides is 1. The summed E-state index contributed by atoms with van der Waals surface area (Å²) in [6.45, 7) is 0.544. The standard InChI is InChI=1S/C19H21F5N4O3/c1-11(9-28-8-2-3-14(10-28)30-18(20)21)25-16(29)13-6-4-12(5-7-13)15-26-17(31-27-15)19(22,23)24/h4-7,11,14,18H,2-3,8-10H2,1H3,(H,25,29)/t11-,14-/m1/s1. The summed E-state index contributed by atoms with van der Waals surface area (Å²) in [6.07, 6.45) is -3.97. The van der Waals surface area contributed by atoms with Crippen molar-refractivity contribution in [2.45, 2.75) is 44.7 Å². The molecule has 3 rings (SSSR count). The van der Waals surface area contributed by atoms with E-state index >= 15 is 0 Å². The highest BCUT2D eigenvalue weighted by molar-refractivity contribution is 5.94. The summed E-state index contributed by atoms with van der Waals surface area (Å²) in [5.74, 6) is -2.06. The Morgan fingerprint density at radius 1 is 1.32 bits per heavy atom. The molecule has 0 bridgehead atoms. The normalized spacial score (nSPS) is 18.9. The van der Waals surface area contributed by atoms with Gasteiger partial charge in [0.05, 0.1) is 6.10 Å². The van der Waals surface area contributed by atoms with E-state index in [2.05, 4.69) is 24.7 Å². The van der Waals surface area contributed by atoms with Crippen LogP contribution in [0.5, 0.6) is 0 Å². The number of aromatic nitrogens is 2. The highest BCUT2D eigenvalue weighted by atomic mass is 19.4. The van der Waals surface area contributed by atoms with E-state index in [0.717, 1.165) is 13.0 Å². The highest BCUT2D eigenvalue weighted by Gasteiger charge is 2.38. The van der Waals surface area contributed by atoms with Gasteiger partial charge in [0.1, 0.15) is 0 Å². The fraction of sp³-hybridized carbons (Fsp3) is 0.526. The number of rotatable bonds is 7. The fourth-order valence-electron chi connectivity index (χ4n) is 3.40. The highest BCUT2D eigenvalue weighted by Crippen LogP contribution is 2.29. The fourth-order valence-corrected chi connectivity index (χ4v) is 3.40.